The van der Waals surface area contributed by atoms with Crippen molar-refractivity contribution >= 4 is 17.6 Å². The van der Waals surface area contributed by atoms with Crippen LogP contribution < -0.4 is 10.6 Å². The van der Waals surface area contributed by atoms with E-state index in [1.165, 1.54) is 32.2 Å². The summed E-state index contributed by atoms with van der Waals surface area (Å²) in [6, 6.07) is 8.12. The number of benzene rings is 1. The maximum Gasteiger partial charge on any atom is 0.228 e. The molecular formula is C21H31ClN6O. The van der Waals surface area contributed by atoms with Crippen LogP contribution in [0.4, 0.5) is 0 Å². The maximum atomic E-state index is 5.92. The van der Waals surface area contributed by atoms with Crippen LogP contribution in [-0.2, 0) is 6.42 Å². The lowest BCUT2D eigenvalue weighted by atomic mass is 10.0. The normalized spacial score (nSPS) is 18.0. The van der Waals surface area contributed by atoms with Crippen LogP contribution in [-0.4, -0.2) is 60.3 Å². The second-order valence-electron chi connectivity index (χ2n) is 7.29. The van der Waals surface area contributed by atoms with Crippen molar-refractivity contribution in [1.82, 2.24) is 25.7 Å². The Morgan fingerprint density at radius 2 is 2.03 bits per heavy atom. The zero-order valence-corrected chi connectivity index (χ0v) is 18.1. The first-order chi connectivity index (χ1) is 14.2. The number of nitrogens with one attached hydrogen (secondary N) is 2. The van der Waals surface area contributed by atoms with Crippen molar-refractivity contribution in [2.75, 3.05) is 33.2 Å². The predicted octanol–water partition coefficient (Wildman–Crippen LogP) is 3.36. The lowest BCUT2D eigenvalue weighted by Gasteiger charge is -2.35. The topological polar surface area (TPSA) is 78.6 Å². The van der Waals surface area contributed by atoms with Crippen LogP contribution in [0.25, 0.3) is 11.4 Å². The number of hydrogen-bond acceptors (Lipinski definition) is 5. The van der Waals surface area contributed by atoms with Crippen LogP contribution in [0.2, 0.25) is 5.02 Å². The van der Waals surface area contributed by atoms with E-state index in [2.05, 4.69) is 37.6 Å². The number of aromatic nitrogens is 2. The number of rotatable bonds is 8. The molecule has 1 aliphatic heterocycles. The molecule has 0 bridgehead atoms. The van der Waals surface area contributed by atoms with E-state index in [1.54, 1.807) is 7.05 Å². The Morgan fingerprint density at radius 3 is 2.79 bits per heavy atom. The Bertz CT molecular complexity index is 776. The number of piperidine rings is 1. The van der Waals surface area contributed by atoms with Crippen molar-refractivity contribution in [2.45, 2.75) is 45.1 Å². The van der Waals surface area contributed by atoms with Crippen molar-refractivity contribution < 1.29 is 4.52 Å². The summed E-state index contributed by atoms with van der Waals surface area (Å²) in [4.78, 5) is 11.3. The summed E-state index contributed by atoms with van der Waals surface area (Å²) in [5.74, 6) is 1.97. The van der Waals surface area contributed by atoms with Crippen LogP contribution in [0.5, 0.6) is 0 Å². The first-order valence-corrected chi connectivity index (χ1v) is 10.8. The van der Waals surface area contributed by atoms with Gasteiger partial charge in [-0.2, -0.15) is 4.98 Å². The summed E-state index contributed by atoms with van der Waals surface area (Å²) in [6.45, 7) is 6.10. The number of aliphatic imine (C=N–C) groups is 1. The average Bonchev–Trinajstić information content (AvgIpc) is 3.22. The van der Waals surface area contributed by atoms with Crippen LogP contribution in [0.1, 0.15) is 38.5 Å². The van der Waals surface area contributed by atoms with E-state index in [0.29, 0.717) is 29.7 Å². The molecule has 8 heteroatoms. The standard InChI is InChI=1S/C21H31ClN6O/c1-3-18-6-4-5-14-28(18)15-13-25-21(23-2)24-12-11-19-26-20(27-29-19)16-7-9-17(22)10-8-16/h7-10,18H,3-6,11-15H2,1-2H3,(H2,23,24,25). The van der Waals surface area contributed by atoms with E-state index in [9.17, 15) is 0 Å². The molecule has 0 spiro atoms. The summed E-state index contributed by atoms with van der Waals surface area (Å²) < 4.78 is 5.35. The SMILES string of the molecule is CCC1CCCCN1CCNC(=NC)NCCc1nc(-c2ccc(Cl)cc2)no1. The van der Waals surface area contributed by atoms with Gasteiger partial charge in [-0.15, -0.1) is 0 Å². The summed E-state index contributed by atoms with van der Waals surface area (Å²) in [5.41, 5.74) is 0.887. The van der Waals surface area contributed by atoms with Gasteiger partial charge in [0.2, 0.25) is 11.7 Å². The fraction of sp³-hybridized carbons (Fsp3) is 0.571. The number of halogens is 1. The smallest absolute Gasteiger partial charge is 0.228 e. The molecule has 1 fully saturated rings. The Morgan fingerprint density at radius 1 is 1.24 bits per heavy atom. The van der Waals surface area contributed by atoms with E-state index >= 15 is 0 Å². The quantitative estimate of drug-likeness (QED) is 0.505. The molecule has 2 heterocycles. The summed E-state index contributed by atoms with van der Waals surface area (Å²) in [7, 11) is 1.79. The van der Waals surface area contributed by atoms with Gasteiger partial charge in [0.25, 0.3) is 0 Å². The van der Waals surface area contributed by atoms with Crippen LogP contribution >= 0.6 is 11.6 Å². The Balaban J connectivity index is 1.39. The maximum absolute atomic E-state index is 5.92. The molecule has 0 radical (unpaired) electrons. The summed E-state index contributed by atoms with van der Waals surface area (Å²) in [6.07, 6.45) is 5.86. The summed E-state index contributed by atoms with van der Waals surface area (Å²) in [5, 5.41) is 11.4. The predicted molar refractivity (Wildman–Crippen MR) is 117 cm³/mol. The molecule has 1 aromatic carbocycles. The third-order valence-corrected chi connectivity index (χ3v) is 5.59. The van der Waals surface area contributed by atoms with Gasteiger partial charge in [-0.05, 0) is 50.1 Å². The molecule has 1 unspecified atom stereocenters. The van der Waals surface area contributed by atoms with Crippen molar-refractivity contribution in [1.29, 1.82) is 0 Å². The van der Waals surface area contributed by atoms with Gasteiger partial charge in [-0.3, -0.25) is 9.89 Å². The molecule has 2 N–H and O–H groups in total. The van der Waals surface area contributed by atoms with Crippen molar-refractivity contribution in [2.24, 2.45) is 4.99 Å². The molecule has 3 rings (SSSR count). The van der Waals surface area contributed by atoms with E-state index in [1.807, 2.05) is 24.3 Å². The van der Waals surface area contributed by atoms with Gasteiger partial charge >= 0.3 is 0 Å². The van der Waals surface area contributed by atoms with Gasteiger partial charge in [0.15, 0.2) is 5.96 Å². The first-order valence-electron chi connectivity index (χ1n) is 10.5. The molecule has 0 amide bonds. The molecule has 158 valence electrons. The van der Waals surface area contributed by atoms with Crippen LogP contribution in [0.3, 0.4) is 0 Å². The highest BCUT2D eigenvalue weighted by molar-refractivity contribution is 6.30. The number of hydrogen-bond donors (Lipinski definition) is 2. The van der Waals surface area contributed by atoms with Gasteiger partial charge < -0.3 is 15.2 Å². The molecule has 1 aromatic heterocycles. The van der Waals surface area contributed by atoms with Crippen LogP contribution in [0, 0.1) is 0 Å². The molecule has 1 aliphatic rings. The zero-order valence-electron chi connectivity index (χ0n) is 17.3. The Labute approximate surface area is 177 Å². The minimum Gasteiger partial charge on any atom is -0.356 e. The minimum atomic E-state index is 0.575. The second-order valence-corrected chi connectivity index (χ2v) is 7.72. The number of likely N-dealkylation sites (tertiary alicyclic amines) is 1. The zero-order chi connectivity index (χ0) is 20.5. The van der Waals surface area contributed by atoms with E-state index < -0.39 is 0 Å². The highest BCUT2D eigenvalue weighted by atomic mass is 35.5. The lowest BCUT2D eigenvalue weighted by molar-refractivity contribution is 0.147. The molecule has 0 aliphatic carbocycles. The number of guanidine groups is 1. The first kappa shape index (κ1) is 21.6. The van der Waals surface area contributed by atoms with E-state index in [0.717, 1.165) is 30.7 Å². The molecule has 0 saturated carbocycles. The van der Waals surface area contributed by atoms with E-state index in [-0.39, 0.29) is 0 Å². The number of nitrogens with zero attached hydrogens (tertiary/aromatic N) is 4. The molecule has 2 aromatic rings. The fourth-order valence-corrected chi connectivity index (χ4v) is 3.84. The van der Waals surface area contributed by atoms with Gasteiger partial charge in [0.05, 0.1) is 0 Å². The van der Waals surface area contributed by atoms with Gasteiger partial charge in [0, 0.05) is 49.7 Å². The Hall–Kier alpha value is -2.12. The van der Waals surface area contributed by atoms with E-state index in [4.69, 9.17) is 16.1 Å². The highest BCUT2D eigenvalue weighted by Crippen LogP contribution is 2.19. The summed E-state index contributed by atoms with van der Waals surface area (Å²) >= 11 is 5.92. The second kappa shape index (κ2) is 11.2. The van der Waals surface area contributed by atoms with Crippen molar-refractivity contribution in [3.8, 4) is 11.4 Å². The third-order valence-electron chi connectivity index (χ3n) is 5.34. The fourth-order valence-electron chi connectivity index (χ4n) is 3.72. The van der Waals surface area contributed by atoms with Crippen LogP contribution in [0.15, 0.2) is 33.8 Å². The lowest BCUT2D eigenvalue weighted by Crippen LogP contribution is -2.46. The molecule has 7 nitrogen and oxygen atoms in total. The van der Waals surface area contributed by atoms with Gasteiger partial charge in [-0.1, -0.05) is 30.1 Å². The van der Waals surface area contributed by atoms with Gasteiger partial charge in [-0.25, -0.2) is 0 Å². The Kier molecular flexibility index (Phi) is 8.31. The molecule has 1 atom stereocenters. The van der Waals surface area contributed by atoms with Crippen molar-refractivity contribution in [3.63, 3.8) is 0 Å². The van der Waals surface area contributed by atoms with Gasteiger partial charge in [0.1, 0.15) is 0 Å². The monoisotopic (exact) mass is 418 g/mol. The minimum absolute atomic E-state index is 0.575. The van der Waals surface area contributed by atoms with Crippen molar-refractivity contribution in [3.05, 3.63) is 35.2 Å². The third kappa shape index (κ3) is 6.44. The highest BCUT2D eigenvalue weighted by Gasteiger charge is 2.20. The molecule has 29 heavy (non-hydrogen) atoms. The largest absolute Gasteiger partial charge is 0.356 e. The molecule has 1 saturated heterocycles. The average molecular weight is 419 g/mol. The molecular weight excluding hydrogens is 388 g/mol.